The molecule has 0 radical (unpaired) electrons. The van der Waals surface area contributed by atoms with Crippen molar-refractivity contribution in [2.45, 2.75) is 32.6 Å². The zero-order valence-corrected chi connectivity index (χ0v) is 11.0. The van der Waals surface area contributed by atoms with Crippen molar-refractivity contribution in [3.8, 4) is 0 Å². The number of nitrogens with two attached hydrogens (primary N) is 1. The molecule has 17 heavy (non-hydrogen) atoms. The Morgan fingerprint density at radius 2 is 1.88 bits per heavy atom. The van der Waals surface area contributed by atoms with Crippen molar-refractivity contribution in [3.63, 3.8) is 0 Å². The maximum absolute atomic E-state index is 5.62. The van der Waals surface area contributed by atoms with Gasteiger partial charge in [0.1, 0.15) is 0 Å². The van der Waals surface area contributed by atoms with Gasteiger partial charge in [-0.05, 0) is 24.0 Å². The fourth-order valence-corrected chi connectivity index (χ4v) is 2.53. The van der Waals surface area contributed by atoms with Crippen LogP contribution in [-0.2, 0) is 12.8 Å². The molecular weight excluding hydrogens is 228 g/mol. The molecule has 0 spiro atoms. The quantitative estimate of drug-likeness (QED) is 0.874. The molecule has 0 aliphatic heterocycles. The molecule has 2 rings (SSSR count). The van der Waals surface area contributed by atoms with Gasteiger partial charge in [-0.15, -0.1) is 11.3 Å². The summed E-state index contributed by atoms with van der Waals surface area (Å²) in [5, 5.41) is 0.652. The molecule has 0 saturated heterocycles. The van der Waals surface area contributed by atoms with Crippen LogP contribution >= 0.6 is 11.3 Å². The highest BCUT2D eigenvalue weighted by Gasteiger charge is 2.01. The van der Waals surface area contributed by atoms with E-state index in [1.165, 1.54) is 35.3 Å². The molecule has 0 atom stereocenters. The number of unbranched alkanes of at least 4 members (excludes halogenated alkanes) is 1. The Bertz CT molecular complexity index is 459. The second kappa shape index (κ2) is 5.82. The van der Waals surface area contributed by atoms with Crippen LogP contribution in [0.2, 0.25) is 0 Å². The molecule has 0 amide bonds. The zero-order valence-electron chi connectivity index (χ0n) is 10.1. The summed E-state index contributed by atoms with van der Waals surface area (Å²) in [7, 11) is 0. The molecule has 1 heterocycles. The van der Waals surface area contributed by atoms with E-state index in [-0.39, 0.29) is 0 Å². The maximum atomic E-state index is 5.62. The summed E-state index contributed by atoms with van der Waals surface area (Å²) in [6.45, 7) is 2.22. The van der Waals surface area contributed by atoms with Crippen LogP contribution in [0.3, 0.4) is 0 Å². The van der Waals surface area contributed by atoms with E-state index in [4.69, 9.17) is 5.73 Å². The van der Waals surface area contributed by atoms with Crippen molar-refractivity contribution in [1.29, 1.82) is 0 Å². The van der Waals surface area contributed by atoms with Crippen molar-refractivity contribution in [3.05, 3.63) is 46.5 Å². The fraction of sp³-hybridized carbons (Fsp3) is 0.357. The minimum Gasteiger partial charge on any atom is -0.375 e. The number of rotatable bonds is 5. The highest BCUT2D eigenvalue weighted by atomic mass is 32.1. The molecule has 3 heteroatoms. The van der Waals surface area contributed by atoms with E-state index >= 15 is 0 Å². The first-order chi connectivity index (χ1) is 8.28. The third-order valence-corrected chi connectivity index (χ3v) is 3.62. The molecule has 2 nitrogen and oxygen atoms in total. The predicted molar refractivity (Wildman–Crippen MR) is 74.4 cm³/mol. The first-order valence-corrected chi connectivity index (χ1v) is 6.87. The van der Waals surface area contributed by atoms with Crippen LogP contribution in [0.15, 0.2) is 30.5 Å². The van der Waals surface area contributed by atoms with Crippen molar-refractivity contribution in [2.75, 3.05) is 5.73 Å². The molecular formula is C14H18N2S. The van der Waals surface area contributed by atoms with Crippen molar-refractivity contribution in [1.82, 2.24) is 4.98 Å². The van der Waals surface area contributed by atoms with Crippen molar-refractivity contribution >= 4 is 16.5 Å². The Kier molecular flexibility index (Phi) is 4.15. The molecule has 1 aromatic heterocycles. The van der Waals surface area contributed by atoms with Gasteiger partial charge in [-0.25, -0.2) is 4.98 Å². The lowest BCUT2D eigenvalue weighted by molar-refractivity contribution is 0.795. The van der Waals surface area contributed by atoms with E-state index < -0.39 is 0 Å². The lowest BCUT2D eigenvalue weighted by Crippen LogP contribution is -1.88. The lowest BCUT2D eigenvalue weighted by atomic mass is 10.0. The molecule has 2 N–H and O–H groups in total. The van der Waals surface area contributed by atoms with Crippen molar-refractivity contribution in [2.24, 2.45) is 0 Å². The Morgan fingerprint density at radius 3 is 2.47 bits per heavy atom. The first-order valence-electron chi connectivity index (χ1n) is 6.06. The van der Waals surface area contributed by atoms with E-state index in [0.717, 1.165) is 6.42 Å². The minimum atomic E-state index is 0.652. The van der Waals surface area contributed by atoms with E-state index in [2.05, 4.69) is 36.2 Å². The predicted octanol–water partition coefficient (Wildman–Crippen LogP) is 3.66. The second-order valence-corrected chi connectivity index (χ2v) is 5.41. The lowest BCUT2D eigenvalue weighted by Gasteiger charge is -2.02. The van der Waals surface area contributed by atoms with E-state index in [0.29, 0.717) is 5.13 Å². The summed E-state index contributed by atoms with van der Waals surface area (Å²) in [6, 6.07) is 8.88. The van der Waals surface area contributed by atoms with Crippen LogP contribution in [0.4, 0.5) is 5.13 Å². The Morgan fingerprint density at radius 1 is 1.18 bits per heavy atom. The SMILES string of the molecule is CCCCc1ccc(Cc2cnc(N)s2)cc1. The van der Waals surface area contributed by atoms with Crippen LogP contribution in [0.5, 0.6) is 0 Å². The molecule has 0 bridgehead atoms. The van der Waals surface area contributed by atoms with Crippen LogP contribution in [0, 0.1) is 0 Å². The van der Waals surface area contributed by atoms with E-state index in [1.807, 2.05) is 6.20 Å². The van der Waals surface area contributed by atoms with Crippen LogP contribution in [0.25, 0.3) is 0 Å². The summed E-state index contributed by atoms with van der Waals surface area (Å²) in [5.74, 6) is 0. The summed E-state index contributed by atoms with van der Waals surface area (Å²) >= 11 is 1.57. The van der Waals surface area contributed by atoms with Gasteiger partial charge in [0, 0.05) is 17.5 Å². The van der Waals surface area contributed by atoms with Gasteiger partial charge >= 0.3 is 0 Å². The normalized spacial score (nSPS) is 10.6. The van der Waals surface area contributed by atoms with Crippen molar-refractivity contribution < 1.29 is 0 Å². The fourth-order valence-electron chi connectivity index (χ4n) is 1.81. The molecule has 1 aromatic carbocycles. The van der Waals surface area contributed by atoms with Crippen LogP contribution < -0.4 is 5.73 Å². The number of aromatic nitrogens is 1. The average molecular weight is 246 g/mol. The Labute approximate surface area is 107 Å². The standard InChI is InChI=1S/C14H18N2S/c1-2-3-4-11-5-7-12(8-6-11)9-13-10-16-14(15)17-13/h5-8,10H,2-4,9H2,1H3,(H2,15,16). The first kappa shape index (κ1) is 12.1. The highest BCUT2D eigenvalue weighted by molar-refractivity contribution is 7.15. The molecule has 2 aromatic rings. The second-order valence-electron chi connectivity index (χ2n) is 4.26. The third-order valence-electron chi connectivity index (χ3n) is 2.79. The number of hydrogen-bond donors (Lipinski definition) is 1. The highest BCUT2D eigenvalue weighted by Crippen LogP contribution is 2.19. The smallest absolute Gasteiger partial charge is 0.180 e. The largest absolute Gasteiger partial charge is 0.375 e. The summed E-state index contributed by atoms with van der Waals surface area (Å²) in [4.78, 5) is 5.29. The van der Waals surface area contributed by atoms with Gasteiger partial charge in [0.2, 0.25) is 0 Å². The molecule has 90 valence electrons. The molecule has 0 fully saturated rings. The zero-order chi connectivity index (χ0) is 12.1. The number of benzene rings is 1. The number of hydrogen-bond acceptors (Lipinski definition) is 3. The summed E-state index contributed by atoms with van der Waals surface area (Å²) in [6.07, 6.45) is 6.50. The third kappa shape index (κ3) is 3.56. The summed E-state index contributed by atoms with van der Waals surface area (Å²) in [5.41, 5.74) is 8.38. The van der Waals surface area contributed by atoms with Gasteiger partial charge in [-0.3, -0.25) is 0 Å². The molecule has 0 unspecified atom stereocenters. The molecule has 0 saturated carbocycles. The number of nitrogens with zero attached hydrogens (tertiary/aromatic N) is 1. The topological polar surface area (TPSA) is 38.9 Å². The van der Waals surface area contributed by atoms with Gasteiger partial charge in [0.15, 0.2) is 5.13 Å². The maximum Gasteiger partial charge on any atom is 0.180 e. The number of anilines is 1. The molecule has 0 aliphatic carbocycles. The van der Waals surface area contributed by atoms with E-state index in [9.17, 15) is 0 Å². The van der Waals surface area contributed by atoms with Crippen LogP contribution in [0.1, 0.15) is 35.8 Å². The van der Waals surface area contributed by atoms with Gasteiger partial charge in [-0.2, -0.15) is 0 Å². The van der Waals surface area contributed by atoms with Crippen LogP contribution in [-0.4, -0.2) is 4.98 Å². The molecule has 0 aliphatic rings. The number of nitrogen functional groups attached to an aromatic ring is 1. The number of aryl methyl sites for hydroxylation is 1. The van der Waals surface area contributed by atoms with Gasteiger partial charge in [0.25, 0.3) is 0 Å². The Balaban J connectivity index is 1.98. The minimum absolute atomic E-state index is 0.652. The average Bonchev–Trinajstić information content (AvgIpc) is 2.74. The van der Waals surface area contributed by atoms with E-state index in [1.54, 1.807) is 11.3 Å². The summed E-state index contributed by atoms with van der Waals surface area (Å²) < 4.78 is 0. The monoisotopic (exact) mass is 246 g/mol. The Hall–Kier alpha value is -1.35. The number of thiazole rings is 1. The van der Waals surface area contributed by atoms with Gasteiger partial charge in [-0.1, -0.05) is 37.6 Å². The van der Waals surface area contributed by atoms with Gasteiger partial charge in [0.05, 0.1) is 0 Å². The van der Waals surface area contributed by atoms with Gasteiger partial charge < -0.3 is 5.73 Å².